The normalized spacial score (nSPS) is 40.9. The number of nitrogens with one attached hydrogen (secondary N) is 4. The van der Waals surface area contributed by atoms with Crippen molar-refractivity contribution in [2.45, 2.75) is 240 Å². The molecule has 12 unspecified atom stereocenters. The maximum Gasteiger partial charge on any atom is 1.00 e. The third-order valence-corrected chi connectivity index (χ3v) is 18.3. The summed E-state index contributed by atoms with van der Waals surface area (Å²) in [5.41, 5.74) is 39.8. The van der Waals surface area contributed by atoms with Gasteiger partial charge in [-0.05, 0) is 50.2 Å². The van der Waals surface area contributed by atoms with Gasteiger partial charge in [-0.15, -0.1) is 0 Å². The monoisotopic (exact) mass is 1860 g/mol. The van der Waals surface area contributed by atoms with Crippen molar-refractivity contribution in [3.05, 3.63) is 49.4 Å². The second-order valence-electron chi connectivity index (χ2n) is 23.9. The van der Waals surface area contributed by atoms with Crippen molar-refractivity contribution in [2.75, 3.05) is 39.6 Å². The molecule has 8 aliphatic rings. The minimum atomic E-state index is -5.66. The molecule has 0 radical (unpaired) electrons. The molecule has 0 bridgehead atoms. The van der Waals surface area contributed by atoms with Gasteiger partial charge in [-0.2, -0.15) is 26.4 Å². The molecule has 0 aliphatic carbocycles. The molecule has 8 rings (SSSR count). The fraction of sp³-hybridized carbons (Fsp3) is 0.918. The van der Waals surface area contributed by atoms with E-state index in [4.69, 9.17) is 104 Å². The number of nitrogens with two attached hydrogens (primary N) is 1. The molecule has 604 valence electrons. The first kappa shape index (κ1) is 134. The van der Waals surface area contributed by atoms with Crippen LogP contribution in [0.3, 0.4) is 0 Å². The van der Waals surface area contributed by atoms with Crippen LogP contribution in [0.5, 0.6) is 0 Å². The minimum Gasteiger partial charge on any atom is -0.726 e. The van der Waals surface area contributed by atoms with Gasteiger partial charge in [0.05, 0.1) is 75.3 Å². The van der Waals surface area contributed by atoms with Gasteiger partial charge in [0.2, 0.25) is 41.6 Å². The molecule has 50 nitrogen and oxygen atoms in total. The Morgan fingerprint density at radius 1 is 0.296 bits per heavy atom. The number of aliphatic hydroxyl groups excluding tert-OH is 13. The zero-order valence-electron chi connectivity index (χ0n) is 64.5. The topological polar surface area (TPSA) is 798 Å². The van der Waals surface area contributed by atoms with Crippen molar-refractivity contribution in [1.29, 1.82) is 0 Å². The van der Waals surface area contributed by atoms with E-state index in [-0.39, 0.29) is 361 Å². The van der Waals surface area contributed by atoms with Gasteiger partial charge in [0.25, 0.3) is 0 Å². The van der Waals surface area contributed by atoms with Crippen LogP contribution in [0.1, 0.15) is 19.3 Å². The standard InChI is InChI=1S/C49H81N5O45S4.12Na/c50-4-2-1-3-5-80-46-35(64)27(56)14(6-81-46)90-43-23(52)32(61)39(19(94-43)11-86-101(71,72)73)98-48-37(66)29(58)16(8-83-48)92-45-25(54)34(63)41(21(96-45)13-88-103(77,78)79)99-49-38(67)30(59)17(9-84-49)91-44-24(53)33(62)40(20(95-44)12-87-102(74,75)76)97-47-36(65)28(57)15(7-82-47)89-42-22(51)31(60)26(55)18(93-42)10-85-100(68,69)70;;;;;;;;;;;;/h6-9,14-49,51-67H,1-5,10-13,50H2,(H,68,69,70)(H,71,72,73)(H,74,75,76)(H,77,78,79);;;;;;;;;;;;/q-8;12*+1/p-4/t14-,15-,16-,17-,18?,19?,20?,21?,22?,23?,24?,25?,26-,27-,28-,29-,30-,31-,32-,33-,34-,35?,36?,37?,38?,39-,40-,41-,42+,43+,44+,45+,46-,47+,48+,49+;;;;;;;;;;;;/m1............/s1. The van der Waals surface area contributed by atoms with Crippen molar-refractivity contribution in [3.8, 4) is 0 Å². The van der Waals surface area contributed by atoms with Crippen LogP contribution in [0.2, 0.25) is 0 Å². The van der Waals surface area contributed by atoms with E-state index in [9.17, 15) is 118 Å². The molecule has 36 atom stereocenters. The van der Waals surface area contributed by atoms with Crippen molar-refractivity contribution in [2.24, 2.45) is 5.73 Å². The molecule has 8 saturated heterocycles. The van der Waals surface area contributed by atoms with Crippen LogP contribution in [0, 0.1) is 26.4 Å². The first-order valence-electron chi connectivity index (χ1n) is 30.6. The van der Waals surface area contributed by atoms with Crippen LogP contribution in [0.15, 0.2) is 0 Å². The number of rotatable bonds is 32. The predicted molar refractivity (Wildman–Crippen MR) is 307 cm³/mol. The van der Waals surface area contributed by atoms with E-state index in [1.54, 1.807) is 0 Å². The molecule has 0 saturated carbocycles. The Labute approximate surface area is 926 Å². The Morgan fingerprint density at radius 2 is 0.530 bits per heavy atom. The first-order valence-corrected chi connectivity index (χ1v) is 36.0. The molecule has 0 aromatic rings. The Hall–Kier alpha value is 10.1. The molecule has 0 aromatic heterocycles. The Balaban J connectivity index is -0.00000336. The molecule has 19 N–H and O–H groups in total. The predicted octanol–water partition coefficient (Wildman–Crippen LogP) is -47.9. The summed E-state index contributed by atoms with van der Waals surface area (Å²) in [6.45, 7) is -2.11. The summed E-state index contributed by atoms with van der Waals surface area (Å²) in [4.78, 5) is 0. The van der Waals surface area contributed by atoms with Crippen molar-refractivity contribution in [3.63, 3.8) is 0 Å². The largest absolute Gasteiger partial charge is 1.00 e. The summed E-state index contributed by atoms with van der Waals surface area (Å²) < 4.78 is 243. The van der Waals surface area contributed by atoms with Crippen LogP contribution in [-0.2, 0) is 134 Å². The van der Waals surface area contributed by atoms with E-state index in [0.29, 0.717) is 45.6 Å². The third-order valence-electron chi connectivity index (χ3n) is 16.6. The fourth-order valence-electron chi connectivity index (χ4n) is 11.1. The summed E-state index contributed by atoms with van der Waals surface area (Å²) in [6, 6.07) is -8.24. The average Bonchev–Trinajstić information content (AvgIpc) is 0.786. The summed E-state index contributed by atoms with van der Waals surface area (Å²) >= 11 is 0. The van der Waals surface area contributed by atoms with Crippen LogP contribution in [0.4, 0.5) is 0 Å². The number of hydrogen-bond donors (Lipinski definition) is 14. The molecule has 8 heterocycles. The molecule has 8 fully saturated rings. The molecule has 8 aliphatic heterocycles. The number of ether oxygens (including phenoxy) is 16. The van der Waals surface area contributed by atoms with Crippen LogP contribution in [-0.4, -0.2) is 379 Å². The van der Waals surface area contributed by atoms with Crippen LogP contribution >= 0.6 is 0 Å². The van der Waals surface area contributed by atoms with E-state index < -0.39 is 289 Å². The molecule has 0 aromatic carbocycles. The maximum atomic E-state index is 11.7. The van der Waals surface area contributed by atoms with Gasteiger partial charge < -0.3 is 189 Å². The van der Waals surface area contributed by atoms with Crippen molar-refractivity contribution in [1.82, 2.24) is 0 Å². The van der Waals surface area contributed by atoms with E-state index in [1.807, 2.05) is 0 Å². The number of aliphatic hydroxyl groups is 13. The second kappa shape index (κ2) is 61.4. The van der Waals surface area contributed by atoms with Gasteiger partial charge in [-0.25, -0.2) is 33.7 Å². The van der Waals surface area contributed by atoms with E-state index >= 15 is 0 Å². The second-order valence-corrected chi connectivity index (χ2v) is 28.1. The fourth-order valence-corrected chi connectivity index (χ4v) is 12.3. The maximum absolute atomic E-state index is 11.7. The van der Waals surface area contributed by atoms with E-state index in [1.165, 1.54) is 0 Å². The summed E-state index contributed by atoms with van der Waals surface area (Å²) in [5, 5.41) is 144. The van der Waals surface area contributed by atoms with Gasteiger partial charge >= 0.3 is 355 Å². The number of hydrogen-bond acceptors (Lipinski definition) is 46. The Morgan fingerprint density at radius 3 is 0.791 bits per heavy atom. The molecule has 0 spiro atoms. The van der Waals surface area contributed by atoms with Gasteiger partial charge in [0.1, 0.15) is 98.4 Å². The quantitative estimate of drug-likeness (QED) is 0.00978. The average molecular weight is 1860 g/mol. The minimum absolute atomic E-state index is 0. The molecule has 66 heteroatoms. The van der Waals surface area contributed by atoms with Gasteiger partial charge in [0, 0.05) is 6.61 Å². The van der Waals surface area contributed by atoms with Crippen LogP contribution < -0.4 is 360 Å². The Kier molecular flexibility index (Phi) is 71.3. The van der Waals surface area contributed by atoms with Crippen molar-refractivity contribution >= 4 is 41.6 Å². The van der Waals surface area contributed by atoms with Crippen molar-refractivity contribution < 1.29 is 565 Å². The Bertz CT molecular complexity index is 3170. The van der Waals surface area contributed by atoms with E-state index in [2.05, 4.69) is 16.7 Å². The third kappa shape index (κ3) is 39.3. The first-order chi connectivity index (χ1) is 48.1. The summed E-state index contributed by atoms with van der Waals surface area (Å²) in [6.07, 6.45) is -64.2. The zero-order valence-corrected chi connectivity index (χ0v) is 91.8. The number of unbranched alkanes of at least 4 members (excludes halogenated alkanes) is 2. The van der Waals surface area contributed by atoms with Crippen LogP contribution in [0.25, 0.3) is 22.9 Å². The summed E-state index contributed by atoms with van der Waals surface area (Å²) in [7, 11) is -22.2. The molecular formula is C49H77N5Na12O45S4. The summed E-state index contributed by atoms with van der Waals surface area (Å²) in [5.74, 6) is 0. The molecular weight excluding hydrogens is 1780 g/mol. The molecule has 115 heavy (non-hydrogen) atoms. The van der Waals surface area contributed by atoms with E-state index in [0.717, 1.165) is 6.61 Å². The SMILES string of the molecule is [NH-]C1[C@@H](O[C@@H]2[CH-]O[C@@H](O[C@@H]3C(COS(=O)(=O)[O-])O[C@H](O[C@@H]4[CH-]O[C@@H](O[C@@H]5C(COS(=O)(=O)[O-])O[C@H](O[C@@H]6[CH-]O[C@@H](O[C@@H]7C(COS(=O)(=O)[O-])O[C@H](O[C@@H]8[CH-]O[C@@H](OCCCCCN)C(O)[C@@H]8O)C([NH-])[C@H]7O)C(O)[C@@H]6O)C([NH-])[C@H]5O)C(O)[C@@H]4O)C([NH-])[C@H]3O)C(O)[C@@H]2O)OC(COS(=O)(=O)[O-])[C@@H](O)[C@@H]1O.[Na+].[Na+].[Na+].[Na+].[Na+].[Na+].[Na+].[Na+].[Na+].[Na+].[Na+].[Na+]. The van der Waals surface area contributed by atoms with Gasteiger partial charge in [-0.3, -0.25) is 16.7 Å². The molecule has 0 amide bonds. The zero-order chi connectivity index (χ0) is 76.1. The smallest absolute Gasteiger partial charge is 0.726 e. The van der Waals surface area contributed by atoms with Gasteiger partial charge in [0.15, 0.2) is 25.2 Å². The van der Waals surface area contributed by atoms with Gasteiger partial charge in [-0.1, -0.05) is 24.2 Å².